The predicted molar refractivity (Wildman–Crippen MR) is 118 cm³/mol. The van der Waals surface area contributed by atoms with Crippen molar-refractivity contribution in [2.24, 2.45) is 0 Å². The van der Waals surface area contributed by atoms with E-state index in [4.69, 9.17) is 9.40 Å². The Bertz CT molecular complexity index is 1090. The average molecular weight is 395 g/mol. The van der Waals surface area contributed by atoms with Gasteiger partial charge in [-0.05, 0) is 70.9 Å². The number of nitrogens with one attached hydrogen (secondary N) is 2. The molecule has 0 fully saturated rings. The number of aromatic nitrogens is 2. The summed E-state index contributed by atoms with van der Waals surface area (Å²) in [5, 5.41) is 7.86. The first-order valence-electron chi connectivity index (χ1n) is 9.48. The highest BCUT2D eigenvalue weighted by Gasteiger charge is 2.22. The number of fused-ring (bicyclic) bond motifs is 2. The molecule has 2 N–H and O–H groups in total. The molecule has 0 bridgehead atoms. The van der Waals surface area contributed by atoms with Gasteiger partial charge in [-0.15, -0.1) is 0 Å². The highest BCUT2D eigenvalue weighted by molar-refractivity contribution is 7.22. The van der Waals surface area contributed by atoms with E-state index in [1.165, 1.54) is 10.3 Å². The van der Waals surface area contributed by atoms with E-state index < -0.39 is 0 Å². The van der Waals surface area contributed by atoms with Crippen molar-refractivity contribution in [3.05, 3.63) is 48.0 Å². The van der Waals surface area contributed by atoms with Gasteiger partial charge in [0, 0.05) is 11.1 Å². The molecule has 4 rings (SSSR count). The molecule has 146 valence electrons. The number of thiazole rings is 1. The molecule has 0 saturated heterocycles. The predicted octanol–water partition coefficient (Wildman–Crippen LogP) is 6.08. The van der Waals surface area contributed by atoms with Crippen LogP contribution in [-0.4, -0.2) is 21.0 Å². The molecule has 5 nitrogen and oxygen atoms in total. The third-order valence-corrected chi connectivity index (χ3v) is 5.25. The fraction of sp³-hybridized carbons (Fsp3) is 0.364. The first kappa shape index (κ1) is 18.7. The van der Waals surface area contributed by atoms with Crippen molar-refractivity contribution in [2.75, 3.05) is 10.6 Å². The number of rotatable bonds is 5. The maximum absolute atomic E-state index is 5.82. The Hall–Kier alpha value is -2.60. The molecule has 28 heavy (non-hydrogen) atoms. The smallest absolute Gasteiger partial charge is 0.296 e. The number of hydrogen-bond acceptors (Lipinski definition) is 6. The molecule has 2 aromatic heterocycles. The Morgan fingerprint density at radius 1 is 0.929 bits per heavy atom. The third-order valence-electron chi connectivity index (χ3n) is 4.32. The monoisotopic (exact) mass is 394 g/mol. The summed E-state index contributed by atoms with van der Waals surface area (Å²) in [6, 6.07) is 14.8. The molecular weight excluding hydrogens is 368 g/mol. The molecule has 0 aliphatic heterocycles. The molecule has 4 aromatic rings. The zero-order chi connectivity index (χ0) is 19.9. The van der Waals surface area contributed by atoms with Crippen molar-refractivity contribution in [1.82, 2.24) is 9.97 Å². The van der Waals surface area contributed by atoms with Crippen molar-refractivity contribution in [3.63, 3.8) is 0 Å². The van der Waals surface area contributed by atoms with E-state index in [1.807, 2.05) is 24.3 Å². The highest BCUT2D eigenvalue weighted by Crippen LogP contribution is 2.30. The minimum absolute atomic E-state index is 0.00218. The summed E-state index contributed by atoms with van der Waals surface area (Å²) in [6.07, 6.45) is 0.849. The second-order valence-electron chi connectivity index (χ2n) is 8.87. The van der Waals surface area contributed by atoms with Gasteiger partial charge >= 0.3 is 0 Å². The van der Waals surface area contributed by atoms with Crippen LogP contribution < -0.4 is 10.6 Å². The van der Waals surface area contributed by atoms with Gasteiger partial charge in [0.2, 0.25) is 0 Å². The first-order chi connectivity index (χ1) is 13.2. The minimum Gasteiger partial charge on any atom is -0.424 e. The molecule has 0 unspecified atom stereocenters. The van der Waals surface area contributed by atoms with Crippen LogP contribution in [-0.2, 0) is 6.42 Å². The number of hydrogen-bond donors (Lipinski definition) is 2. The second kappa shape index (κ2) is 6.78. The maximum Gasteiger partial charge on any atom is 0.296 e. The van der Waals surface area contributed by atoms with Gasteiger partial charge in [-0.1, -0.05) is 29.5 Å². The summed E-state index contributed by atoms with van der Waals surface area (Å²) in [7, 11) is 0. The van der Waals surface area contributed by atoms with Crippen LogP contribution >= 0.6 is 11.3 Å². The molecule has 0 aliphatic carbocycles. The summed E-state index contributed by atoms with van der Waals surface area (Å²) < 4.78 is 7.02. The van der Waals surface area contributed by atoms with E-state index in [9.17, 15) is 0 Å². The molecule has 2 heterocycles. The molecular formula is C22H26N4OS. The van der Waals surface area contributed by atoms with Crippen LogP contribution in [0.2, 0.25) is 0 Å². The minimum atomic E-state index is -0.203. The lowest BCUT2D eigenvalue weighted by molar-refractivity contribution is 0.519. The van der Waals surface area contributed by atoms with Crippen molar-refractivity contribution < 1.29 is 4.42 Å². The van der Waals surface area contributed by atoms with Gasteiger partial charge in [0.1, 0.15) is 5.52 Å². The van der Waals surface area contributed by atoms with Gasteiger partial charge in [-0.3, -0.25) is 0 Å². The molecule has 0 atom stereocenters. The van der Waals surface area contributed by atoms with Crippen LogP contribution in [0.4, 0.5) is 11.1 Å². The highest BCUT2D eigenvalue weighted by atomic mass is 32.1. The lowest BCUT2D eigenvalue weighted by Gasteiger charge is -2.25. The standard InChI is InChI=1S/C22H26N4OS/c1-21(2,3)26-20-24-16-11-10-14(12-18(16)28-20)13-22(4,5)25-19-23-15-8-6-7-9-17(15)27-19/h6-12H,13H2,1-5H3,(H,23,25)(H,24,26). The van der Waals surface area contributed by atoms with Crippen molar-refractivity contribution in [1.29, 1.82) is 0 Å². The number of nitrogens with zero attached hydrogens (tertiary/aromatic N) is 2. The second-order valence-corrected chi connectivity index (χ2v) is 9.90. The molecule has 0 spiro atoms. The van der Waals surface area contributed by atoms with E-state index in [2.05, 4.69) is 68.4 Å². The van der Waals surface area contributed by atoms with Gasteiger partial charge in [0.05, 0.1) is 10.2 Å². The van der Waals surface area contributed by atoms with Crippen LogP contribution in [0, 0.1) is 0 Å². The fourth-order valence-electron chi connectivity index (χ4n) is 3.22. The fourth-order valence-corrected chi connectivity index (χ4v) is 4.36. The number of para-hydroxylation sites is 2. The molecule has 0 amide bonds. The largest absolute Gasteiger partial charge is 0.424 e. The topological polar surface area (TPSA) is 63.0 Å². The lowest BCUT2D eigenvalue weighted by atomic mass is 9.95. The van der Waals surface area contributed by atoms with Crippen LogP contribution in [0.5, 0.6) is 0 Å². The SMILES string of the molecule is CC(C)(C)Nc1nc2ccc(CC(C)(C)Nc3nc4ccccc4o3)cc2s1. The third kappa shape index (κ3) is 4.28. The van der Waals surface area contributed by atoms with E-state index in [0.717, 1.165) is 28.2 Å². The van der Waals surface area contributed by atoms with Crippen molar-refractivity contribution in [2.45, 2.75) is 52.1 Å². The molecule has 0 aliphatic rings. The Balaban J connectivity index is 1.52. The molecule has 0 radical (unpaired) electrons. The zero-order valence-electron chi connectivity index (χ0n) is 17.0. The Morgan fingerprint density at radius 2 is 1.71 bits per heavy atom. The Morgan fingerprint density at radius 3 is 2.46 bits per heavy atom. The van der Waals surface area contributed by atoms with E-state index >= 15 is 0 Å². The van der Waals surface area contributed by atoms with Gasteiger partial charge in [0.25, 0.3) is 6.01 Å². The van der Waals surface area contributed by atoms with Crippen molar-refractivity contribution in [3.8, 4) is 0 Å². The summed E-state index contributed by atoms with van der Waals surface area (Å²) in [5.41, 5.74) is 3.75. The summed E-state index contributed by atoms with van der Waals surface area (Å²) in [4.78, 5) is 9.23. The lowest BCUT2D eigenvalue weighted by Crippen LogP contribution is -2.33. The number of anilines is 2. The molecule has 2 aromatic carbocycles. The summed E-state index contributed by atoms with van der Waals surface area (Å²) in [6.45, 7) is 10.7. The van der Waals surface area contributed by atoms with Crippen LogP contribution in [0.25, 0.3) is 21.3 Å². The average Bonchev–Trinajstić information content (AvgIpc) is 3.13. The van der Waals surface area contributed by atoms with Gasteiger partial charge < -0.3 is 15.1 Å². The Labute approximate surface area is 169 Å². The van der Waals surface area contributed by atoms with E-state index in [1.54, 1.807) is 11.3 Å². The van der Waals surface area contributed by atoms with Gasteiger partial charge in [0.15, 0.2) is 10.7 Å². The normalized spacial score (nSPS) is 12.6. The Kier molecular flexibility index (Phi) is 4.54. The van der Waals surface area contributed by atoms with Gasteiger partial charge in [-0.25, -0.2) is 4.98 Å². The summed E-state index contributed by atoms with van der Waals surface area (Å²) >= 11 is 1.70. The zero-order valence-corrected chi connectivity index (χ0v) is 17.8. The molecule has 0 saturated carbocycles. The van der Waals surface area contributed by atoms with Gasteiger partial charge in [-0.2, -0.15) is 4.98 Å². The van der Waals surface area contributed by atoms with Crippen LogP contribution in [0.3, 0.4) is 0 Å². The maximum atomic E-state index is 5.82. The summed E-state index contributed by atoms with van der Waals surface area (Å²) in [5.74, 6) is 0. The quantitative estimate of drug-likeness (QED) is 0.429. The van der Waals surface area contributed by atoms with E-state index in [0.29, 0.717) is 6.01 Å². The number of benzene rings is 2. The van der Waals surface area contributed by atoms with E-state index in [-0.39, 0.29) is 11.1 Å². The molecule has 6 heteroatoms. The van der Waals surface area contributed by atoms with Crippen molar-refractivity contribution >= 4 is 43.8 Å². The van der Waals surface area contributed by atoms with Crippen LogP contribution in [0.1, 0.15) is 40.2 Å². The van der Waals surface area contributed by atoms with Crippen LogP contribution in [0.15, 0.2) is 46.9 Å². The number of oxazole rings is 1. The first-order valence-corrected chi connectivity index (χ1v) is 10.3.